The number of anilines is 1. The summed E-state index contributed by atoms with van der Waals surface area (Å²) in [7, 11) is 0. The van der Waals surface area contributed by atoms with Gasteiger partial charge in [0.2, 0.25) is 5.13 Å². The monoisotopic (exact) mass is 373 g/mol. The van der Waals surface area contributed by atoms with Crippen molar-refractivity contribution < 1.29 is 0 Å². The van der Waals surface area contributed by atoms with Gasteiger partial charge in [-0.2, -0.15) is 5.26 Å². The molecule has 24 heavy (non-hydrogen) atoms. The van der Waals surface area contributed by atoms with Crippen LogP contribution in [0.4, 0.5) is 5.13 Å². The first kappa shape index (κ1) is 16.9. The predicted molar refractivity (Wildman–Crippen MR) is 99.0 cm³/mol. The number of nitrogens with zero attached hydrogens (tertiary/aromatic N) is 4. The number of thiophene rings is 1. The van der Waals surface area contributed by atoms with Crippen LogP contribution in [0.5, 0.6) is 0 Å². The zero-order valence-electron chi connectivity index (χ0n) is 13.2. The van der Waals surface area contributed by atoms with Crippen LogP contribution in [-0.2, 0) is 6.42 Å². The molecule has 0 amide bonds. The molecule has 3 aromatic heterocycles. The zero-order chi connectivity index (χ0) is 16.9. The largest absolute Gasteiger partial charge is 0.360 e. The molecule has 0 radical (unpaired) electrons. The van der Waals surface area contributed by atoms with Gasteiger partial charge in [0.1, 0.15) is 6.07 Å². The Morgan fingerprint density at radius 3 is 2.96 bits per heavy atom. The average molecular weight is 374 g/mol. The summed E-state index contributed by atoms with van der Waals surface area (Å²) in [5.74, 6) is 0. The highest BCUT2D eigenvalue weighted by molar-refractivity contribution is 8.01. The Hall–Kier alpha value is -1.95. The molecule has 5 nitrogen and oxygen atoms in total. The van der Waals surface area contributed by atoms with Crippen LogP contribution in [0.2, 0.25) is 0 Å². The van der Waals surface area contributed by atoms with Crippen molar-refractivity contribution >= 4 is 39.6 Å². The first-order valence-electron chi connectivity index (χ1n) is 7.31. The molecule has 0 bridgehead atoms. The van der Waals surface area contributed by atoms with Crippen molar-refractivity contribution in [3.05, 3.63) is 45.4 Å². The number of nitrogens with one attached hydrogen (secondary N) is 1. The highest BCUT2D eigenvalue weighted by atomic mass is 32.2. The summed E-state index contributed by atoms with van der Waals surface area (Å²) in [6, 6.07) is 8.34. The van der Waals surface area contributed by atoms with Gasteiger partial charge in [0.15, 0.2) is 4.34 Å². The molecule has 3 rings (SSSR count). The number of hydrogen-bond acceptors (Lipinski definition) is 8. The van der Waals surface area contributed by atoms with Gasteiger partial charge >= 0.3 is 0 Å². The molecule has 3 aromatic rings. The Morgan fingerprint density at radius 2 is 2.21 bits per heavy atom. The molecule has 0 aliphatic heterocycles. The van der Waals surface area contributed by atoms with Crippen molar-refractivity contribution in [3.8, 4) is 6.07 Å². The molecule has 0 spiro atoms. The summed E-state index contributed by atoms with van der Waals surface area (Å²) in [5.41, 5.74) is 2.25. The fraction of sp³-hybridized carbons (Fsp3) is 0.250. The second-order valence-electron chi connectivity index (χ2n) is 5.07. The lowest BCUT2D eigenvalue weighted by Gasteiger charge is -2.05. The Morgan fingerprint density at radius 1 is 1.33 bits per heavy atom. The number of pyridine rings is 1. The van der Waals surface area contributed by atoms with E-state index in [1.165, 1.54) is 28.0 Å². The summed E-state index contributed by atoms with van der Waals surface area (Å²) in [5, 5.41) is 23.9. The van der Waals surface area contributed by atoms with E-state index in [1.807, 2.05) is 19.9 Å². The van der Waals surface area contributed by atoms with E-state index in [-0.39, 0.29) is 0 Å². The van der Waals surface area contributed by atoms with E-state index < -0.39 is 0 Å². The van der Waals surface area contributed by atoms with Gasteiger partial charge in [-0.15, -0.1) is 21.5 Å². The Balaban J connectivity index is 1.65. The molecular weight excluding hydrogens is 358 g/mol. The van der Waals surface area contributed by atoms with Crippen LogP contribution in [-0.4, -0.2) is 21.7 Å². The van der Waals surface area contributed by atoms with Crippen LogP contribution in [0.1, 0.15) is 21.8 Å². The molecule has 0 fully saturated rings. The van der Waals surface area contributed by atoms with E-state index in [0.717, 1.165) is 38.7 Å². The minimum absolute atomic E-state index is 0.605. The maximum absolute atomic E-state index is 9.33. The maximum Gasteiger partial charge on any atom is 0.206 e. The van der Waals surface area contributed by atoms with Crippen molar-refractivity contribution in [1.82, 2.24) is 15.2 Å². The second-order valence-corrected chi connectivity index (χ2v) is 8.36. The summed E-state index contributed by atoms with van der Waals surface area (Å²) >= 11 is 4.72. The summed E-state index contributed by atoms with van der Waals surface area (Å²) in [6.07, 6.45) is 0.973. The summed E-state index contributed by atoms with van der Waals surface area (Å²) in [6.45, 7) is 4.61. The van der Waals surface area contributed by atoms with E-state index >= 15 is 0 Å². The molecule has 0 aliphatic rings. The Labute approximate surface area is 152 Å². The third kappa shape index (κ3) is 4.12. The fourth-order valence-corrected chi connectivity index (χ4v) is 4.85. The molecule has 1 N–H and O–H groups in total. The molecular formula is C16H15N5S3. The average Bonchev–Trinajstić information content (AvgIpc) is 3.19. The van der Waals surface area contributed by atoms with Gasteiger partial charge in [-0.3, -0.25) is 4.98 Å². The van der Waals surface area contributed by atoms with Gasteiger partial charge in [-0.25, -0.2) is 0 Å². The smallest absolute Gasteiger partial charge is 0.206 e. The van der Waals surface area contributed by atoms with Crippen molar-refractivity contribution in [3.63, 3.8) is 0 Å². The first-order valence-corrected chi connectivity index (χ1v) is 9.83. The van der Waals surface area contributed by atoms with Crippen molar-refractivity contribution in [2.75, 3.05) is 11.9 Å². The Kier molecular flexibility index (Phi) is 5.45. The van der Waals surface area contributed by atoms with Crippen LogP contribution >= 0.6 is 34.4 Å². The highest BCUT2D eigenvalue weighted by Crippen LogP contribution is 2.34. The third-order valence-electron chi connectivity index (χ3n) is 3.24. The molecule has 0 aliphatic carbocycles. The fourth-order valence-electron chi connectivity index (χ4n) is 2.17. The number of aryl methyl sites for hydroxylation is 2. The quantitative estimate of drug-likeness (QED) is 0.695. The minimum atomic E-state index is 0.605. The van der Waals surface area contributed by atoms with E-state index in [4.69, 9.17) is 0 Å². The van der Waals surface area contributed by atoms with Crippen LogP contribution in [0.15, 0.2) is 32.8 Å². The van der Waals surface area contributed by atoms with Gasteiger partial charge in [-0.1, -0.05) is 29.2 Å². The third-order valence-corrected chi connectivity index (χ3v) is 6.15. The molecule has 0 aromatic carbocycles. The van der Waals surface area contributed by atoms with E-state index in [9.17, 15) is 5.26 Å². The standard InChI is InChI=1S/C16H15N5S3/c1-10-8-14(13(9-17)11(2)19-10)23-16-21-20-15(24-16)18-6-5-12-4-3-7-22-12/h3-4,7-8H,5-6H2,1-2H3,(H,18,20). The van der Waals surface area contributed by atoms with E-state index in [0.29, 0.717) is 5.56 Å². The lowest BCUT2D eigenvalue weighted by Crippen LogP contribution is -2.03. The van der Waals surface area contributed by atoms with E-state index in [2.05, 4.69) is 44.1 Å². The van der Waals surface area contributed by atoms with Crippen LogP contribution < -0.4 is 5.32 Å². The Bertz CT molecular complexity index is 864. The minimum Gasteiger partial charge on any atom is -0.360 e. The van der Waals surface area contributed by atoms with Gasteiger partial charge in [-0.05, 0) is 37.8 Å². The van der Waals surface area contributed by atoms with Crippen molar-refractivity contribution in [2.45, 2.75) is 29.5 Å². The molecule has 3 heterocycles. The molecule has 8 heteroatoms. The molecule has 0 saturated heterocycles. The van der Waals surface area contributed by atoms with Gasteiger partial charge in [0, 0.05) is 22.0 Å². The molecule has 122 valence electrons. The van der Waals surface area contributed by atoms with Gasteiger partial charge in [0.05, 0.1) is 11.3 Å². The normalized spacial score (nSPS) is 10.5. The van der Waals surface area contributed by atoms with Crippen molar-refractivity contribution in [2.24, 2.45) is 0 Å². The predicted octanol–water partition coefficient (Wildman–Crippen LogP) is 4.29. The zero-order valence-corrected chi connectivity index (χ0v) is 15.7. The van der Waals surface area contributed by atoms with Gasteiger partial charge in [0.25, 0.3) is 0 Å². The summed E-state index contributed by atoms with van der Waals surface area (Å²) in [4.78, 5) is 6.57. The number of nitriles is 1. The van der Waals surface area contributed by atoms with Crippen LogP contribution in [0, 0.1) is 25.2 Å². The van der Waals surface area contributed by atoms with Crippen molar-refractivity contribution in [1.29, 1.82) is 5.26 Å². The number of aromatic nitrogens is 3. The first-order chi connectivity index (χ1) is 11.7. The molecule has 0 atom stereocenters. The topological polar surface area (TPSA) is 74.5 Å². The SMILES string of the molecule is Cc1cc(Sc2nnc(NCCc3cccs3)s2)c(C#N)c(C)n1. The molecule has 0 unspecified atom stereocenters. The van der Waals surface area contributed by atoms with Crippen LogP contribution in [0.25, 0.3) is 0 Å². The summed E-state index contributed by atoms with van der Waals surface area (Å²) < 4.78 is 0.815. The number of rotatable bonds is 6. The second kappa shape index (κ2) is 7.75. The lowest BCUT2D eigenvalue weighted by molar-refractivity contribution is 0.979. The number of hydrogen-bond donors (Lipinski definition) is 1. The van der Waals surface area contributed by atoms with E-state index in [1.54, 1.807) is 11.3 Å². The highest BCUT2D eigenvalue weighted by Gasteiger charge is 2.12. The maximum atomic E-state index is 9.33. The lowest BCUT2D eigenvalue weighted by atomic mass is 10.2. The van der Waals surface area contributed by atoms with Crippen LogP contribution in [0.3, 0.4) is 0 Å². The molecule has 0 saturated carbocycles. The van der Waals surface area contributed by atoms with Gasteiger partial charge < -0.3 is 5.32 Å².